The van der Waals surface area contributed by atoms with E-state index < -0.39 is 0 Å². The molecule has 1 atom stereocenters. The first kappa shape index (κ1) is 15.1. The maximum atomic E-state index is 13.2. The highest BCUT2D eigenvalue weighted by Gasteiger charge is 2.21. The predicted octanol–water partition coefficient (Wildman–Crippen LogP) is 3.97. The summed E-state index contributed by atoms with van der Waals surface area (Å²) < 4.78 is 15.0. The molecule has 0 amide bonds. The monoisotopic (exact) mass is 321 g/mol. The second kappa shape index (κ2) is 6.21. The van der Waals surface area contributed by atoms with E-state index in [2.05, 4.69) is 34.7 Å². The molecule has 0 spiro atoms. The molecule has 2 aromatic carbocycles. The van der Waals surface area contributed by atoms with E-state index in [1.165, 1.54) is 23.3 Å². The highest BCUT2D eigenvalue weighted by Crippen LogP contribution is 2.35. The fourth-order valence-electron chi connectivity index (χ4n) is 3.43. The van der Waals surface area contributed by atoms with Crippen LogP contribution in [-0.2, 0) is 7.05 Å². The average Bonchev–Trinajstić information content (AvgIpc) is 3.27. The molecule has 4 heteroatoms. The van der Waals surface area contributed by atoms with Gasteiger partial charge in [-0.25, -0.2) is 4.39 Å². The topological polar surface area (TPSA) is 29.9 Å². The Labute approximate surface area is 141 Å². The fraction of sp³-hybridized carbons (Fsp3) is 0.250. The SMILES string of the molecule is Cn1ccc(-c2cc(-c3ccc(F)cc3)ccc2C2CCNC2)n1. The van der Waals surface area contributed by atoms with Crippen LogP contribution in [-0.4, -0.2) is 22.9 Å². The number of nitrogens with zero attached hydrogens (tertiary/aromatic N) is 2. The Kier molecular flexibility index (Phi) is 3.90. The summed E-state index contributed by atoms with van der Waals surface area (Å²) in [6.45, 7) is 2.07. The molecule has 3 aromatic rings. The van der Waals surface area contributed by atoms with Gasteiger partial charge in [0.1, 0.15) is 5.82 Å². The zero-order chi connectivity index (χ0) is 16.5. The number of hydrogen-bond donors (Lipinski definition) is 1. The zero-order valence-corrected chi connectivity index (χ0v) is 13.7. The Morgan fingerprint density at radius 3 is 2.54 bits per heavy atom. The molecule has 1 saturated heterocycles. The fourth-order valence-corrected chi connectivity index (χ4v) is 3.43. The van der Waals surface area contributed by atoms with Crippen LogP contribution in [0.25, 0.3) is 22.4 Å². The van der Waals surface area contributed by atoms with E-state index in [4.69, 9.17) is 0 Å². The van der Waals surface area contributed by atoms with Gasteiger partial charge in [-0.15, -0.1) is 0 Å². The molecule has 24 heavy (non-hydrogen) atoms. The third-order valence-corrected chi connectivity index (χ3v) is 4.72. The molecule has 4 rings (SSSR count). The maximum Gasteiger partial charge on any atom is 0.123 e. The number of rotatable bonds is 3. The highest BCUT2D eigenvalue weighted by atomic mass is 19.1. The minimum atomic E-state index is -0.211. The van der Waals surface area contributed by atoms with Crippen molar-refractivity contribution in [1.29, 1.82) is 0 Å². The molecule has 1 aliphatic heterocycles. The zero-order valence-electron chi connectivity index (χ0n) is 13.7. The first-order valence-electron chi connectivity index (χ1n) is 8.31. The van der Waals surface area contributed by atoms with Gasteiger partial charge in [-0.1, -0.05) is 24.3 Å². The van der Waals surface area contributed by atoms with Crippen molar-refractivity contribution in [2.24, 2.45) is 7.05 Å². The molecule has 1 aliphatic rings. The van der Waals surface area contributed by atoms with Crippen molar-refractivity contribution in [3.05, 3.63) is 66.1 Å². The van der Waals surface area contributed by atoms with Crippen molar-refractivity contribution in [1.82, 2.24) is 15.1 Å². The summed E-state index contributed by atoms with van der Waals surface area (Å²) in [5.41, 5.74) is 5.61. The van der Waals surface area contributed by atoms with Crippen LogP contribution in [0, 0.1) is 5.82 Å². The van der Waals surface area contributed by atoms with Crippen LogP contribution >= 0.6 is 0 Å². The Morgan fingerprint density at radius 2 is 1.88 bits per heavy atom. The van der Waals surface area contributed by atoms with Gasteiger partial charge in [0, 0.05) is 25.4 Å². The quantitative estimate of drug-likeness (QED) is 0.791. The van der Waals surface area contributed by atoms with Crippen molar-refractivity contribution >= 4 is 0 Å². The van der Waals surface area contributed by atoms with Gasteiger partial charge in [-0.05, 0) is 59.8 Å². The average molecular weight is 321 g/mol. The normalized spacial score (nSPS) is 17.3. The number of aryl methyl sites for hydroxylation is 1. The smallest absolute Gasteiger partial charge is 0.123 e. The summed E-state index contributed by atoms with van der Waals surface area (Å²) in [5.74, 6) is 0.307. The summed E-state index contributed by atoms with van der Waals surface area (Å²) in [6, 6.07) is 15.2. The van der Waals surface area contributed by atoms with Crippen LogP contribution in [0.2, 0.25) is 0 Å². The lowest BCUT2D eigenvalue weighted by Gasteiger charge is -2.15. The molecule has 1 aromatic heterocycles. The summed E-state index contributed by atoms with van der Waals surface area (Å²) >= 11 is 0. The standard InChI is InChI=1S/C20H20FN3/c1-24-11-9-20(23-24)19-12-15(14-2-5-17(21)6-3-14)4-7-18(19)16-8-10-22-13-16/h2-7,9,11-12,16,22H,8,10,13H2,1H3. The lowest BCUT2D eigenvalue weighted by Crippen LogP contribution is -2.08. The van der Waals surface area contributed by atoms with E-state index in [-0.39, 0.29) is 5.82 Å². The van der Waals surface area contributed by atoms with Gasteiger partial charge < -0.3 is 5.32 Å². The van der Waals surface area contributed by atoms with Crippen LogP contribution in [0.4, 0.5) is 4.39 Å². The molecule has 3 nitrogen and oxygen atoms in total. The van der Waals surface area contributed by atoms with Gasteiger partial charge in [0.15, 0.2) is 0 Å². The number of aromatic nitrogens is 2. The molecular formula is C20H20FN3. The first-order valence-corrected chi connectivity index (χ1v) is 8.31. The van der Waals surface area contributed by atoms with Crippen LogP contribution < -0.4 is 5.32 Å². The molecule has 1 fully saturated rings. The molecule has 122 valence electrons. The molecule has 0 radical (unpaired) electrons. The largest absolute Gasteiger partial charge is 0.316 e. The van der Waals surface area contributed by atoms with Gasteiger partial charge in [-0.2, -0.15) is 5.10 Å². The highest BCUT2D eigenvalue weighted by molar-refractivity contribution is 5.74. The predicted molar refractivity (Wildman–Crippen MR) is 94.3 cm³/mol. The molecule has 0 saturated carbocycles. The second-order valence-electron chi connectivity index (χ2n) is 6.37. The molecule has 1 N–H and O–H groups in total. The third-order valence-electron chi connectivity index (χ3n) is 4.72. The number of nitrogens with one attached hydrogen (secondary N) is 1. The third kappa shape index (κ3) is 2.85. The lowest BCUT2D eigenvalue weighted by molar-refractivity contribution is 0.628. The number of benzene rings is 2. The Hall–Kier alpha value is -2.46. The van der Waals surface area contributed by atoms with E-state index in [9.17, 15) is 4.39 Å². The van der Waals surface area contributed by atoms with E-state index in [0.29, 0.717) is 5.92 Å². The van der Waals surface area contributed by atoms with E-state index in [0.717, 1.165) is 36.3 Å². The van der Waals surface area contributed by atoms with Crippen LogP contribution in [0.15, 0.2) is 54.7 Å². The van der Waals surface area contributed by atoms with Crippen molar-refractivity contribution in [3.8, 4) is 22.4 Å². The molecule has 0 aliphatic carbocycles. The molecule has 0 bridgehead atoms. The number of halogens is 1. The van der Waals surface area contributed by atoms with Gasteiger partial charge >= 0.3 is 0 Å². The van der Waals surface area contributed by atoms with E-state index in [1.807, 2.05) is 30.1 Å². The minimum absolute atomic E-state index is 0.211. The van der Waals surface area contributed by atoms with Gasteiger partial charge in [0.25, 0.3) is 0 Å². The van der Waals surface area contributed by atoms with Crippen molar-refractivity contribution in [2.75, 3.05) is 13.1 Å². The Balaban J connectivity index is 1.82. The van der Waals surface area contributed by atoms with E-state index in [1.54, 1.807) is 0 Å². The lowest BCUT2D eigenvalue weighted by atomic mass is 9.89. The summed E-state index contributed by atoms with van der Waals surface area (Å²) in [5, 5.41) is 8.04. The Bertz CT molecular complexity index is 846. The summed E-state index contributed by atoms with van der Waals surface area (Å²) in [7, 11) is 1.93. The van der Waals surface area contributed by atoms with Gasteiger partial charge in [0.05, 0.1) is 5.69 Å². The van der Waals surface area contributed by atoms with Crippen LogP contribution in [0.5, 0.6) is 0 Å². The van der Waals surface area contributed by atoms with Crippen LogP contribution in [0.3, 0.4) is 0 Å². The van der Waals surface area contributed by atoms with Gasteiger partial charge in [-0.3, -0.25) is 4.68 Å². The number of hydrogen-bond acceptors (Lipinski definition) is 2. The van der Waals surface area contributed by atoms with Crippen molar-refractivity contribution < 1.29 is 4.39 Å². The van der Waals surface area contributed by atoms with Crippen molar-refractivity contribution in [2.45, 2.75) is 12.3 Å². The first-order chi connectivity index (χ1) is 11.7. The summed E-state index contributed by atoms with van der Waals surface area (Å²) in [4.78, 5) is 0. The molecular weight excluding hydrogens is 301 g/mol. The van der Waals surface area contributed by atoms with Crippen molar-refractivity contribution in [3.63, 3.8) is 0 Å². The van der Waals surface area contributed by atoms with E-state index >= 15 is 0 Å². The van der Waals surface area contributed by atoms with Gasteiger partial charge in [0.2, 0.25) is 0 Å². The summed E-state index contributed by atoms with van der Waals surface area (Å²) in [6.07, 6.45) is 3.12. The van der Waals surface area contributed by atoms with Crippen LogP contribution in [0.1, 0.15) is 17.9 Å². The Morgan fingerprint density at radius 1 is 1.08 bits per heavy atom. The minimum Gasteiger partial charge on any atom is -0.316 e. The molecule has 1 unspecified atom stereocenters. The maximum absolute atomic E-state index is 13.2. The molecule has 2 heterocycles. The second-order valence-corrected chi connectivity index (χ2v) is 6.37.